The number of aryl methyl sites for hydroxylation is 2. The van der Waals surface area contributed by atoms with Gasteiger partial charge in [0, 0.05) is 45.2 Å². The molecular formula is C21H29N3O2. The average molecular weight is 355 g/mol. The highest BCUT2D eigenvalue weighted by molar-refractivity contribution is 5.74. The first-order chi connectivity index (χ1) is 12.6. The zero-order chi connectivity index (χ0) is 18.4. The zero-order valence-corrected chi connectivity index (χ0v) is 15.8. The predicted molar refractivity (Wildman–Crippen MR) is 103 cm³/mol. The Morgan fingerprint density at radius 2 is 2.00 bits per heavy atom. The molecule has 140 valence electrons. The van der Waals surface area contributed by atoms with E-state index in [2.05, 4.69) is 48.3 Å². The Bertz CT molecular complexity index is 691. The first-order valence-electron chi connectivity index (χ1n) is 9.46. The summed E-state index contributed by atoms with van der Waals surface area (Å²) in [7, 11) is 0. The molecule has 0 radical (unpaired) electrons. The quantitative estimate of drug-likeness (QED) is 0.863. The van der Waals surface area contributed by atoms with Crippen molar-refractivity contribution in [2.24, 2.45) is 0 Å². The maximum Gasteiger partial charge on any atom is 0.317 e. The molecule has 1 unspecified atom stereocenters. The normalized spacial score (nSPS) is 16.5. The van der Waals surface area contributed by atoms with Gasteiger partial charge in [-0.25, -0.2) is 4.79 Å². The lowest BCUT2D eigenvalue weighted by Crippen LogP contribution is -2.52. The second-order valence-corrected chi connectivity index (χ2v) is 7.22. The lowest BCUT2D eigenvalue weighted by Gasteiger charge is -2.35. The van der Waals surface area contributed by atoms with Gasteiger partial charge in [-0.3, -0.25) is 4.90 Å². The molecule has 2 aromatic rings. The second kappa shape index (κ2) is 8.90. The smallest absolute Gasteiger partial charge is 0.317 e. The molecule has 1 saturated heterocycles. The predicted octanol–water partition coefficient (Wildman–Crippen LogP) is 3.44. The van der Waals surface area contributed by atoms with Gasteiger partial charge in [-0.15, -0.1) is 0 Å². The van der Waals surface area contributed by atoms with Crippen LogP contribution < -0.4 is 5.32 Å². The van der Waals surface area contributed by atoms with Gasteiger partial charge in [0.1, 0.15) is 5.76 Å². The highest BCUT2D eigenvalue weighted by Crippen LogP contribution is 2.11. The van der Waals surface area contributed by atoms with E-state index in [4.69, 9.17) is 4.42 Å². The fourth-order valence-electron chi connectivity index (χ4n) is 3.37. The molecular weight excluding hydrogens is 326 g/mol. The van der Waals surface area contributed by atoms with Gasteiger partial charge in [0.15, 0.2) is 0 Å². The topological polar surface area (TPSA) is 48.7 Å². The molecule has 1 atom stereocenters. The summed E-state index contributed by atoms with van der Waals surface area (Å²) in [5, 5.41) is 3.11. The monoisotopic (exact) mass is 355 g/mol. The van der Waals surface area contributed by atoms with Gasteiger partial charge in [-0.2, -0.15) is 0 Å². The van der Waals surface area contributed by atoms with E-state index < -0.39 is 0 Å². The van der Waals surface area contributed by atoms with Crippen molar-refractivity contribution in [1.29, 1.82) is 0 Å². The van der Waals surface area contributed by atoms with E-state index in [1.54, 1.807) is 6.26 Å². The van der Waals surface area contributed by atoms with Crippen LogP contribution in [0.5, 0.6) is 0 Å². The number of amides is 2. The minimum absolute atomic E-state index is 0.0483. The summed E-state index contributed by atoms with van der Waals surface area (Å²) in [5.41, 5.74) is 2.64. The molecule has 5 nitrogen and oxygen atoms in total. The molecule has 0 bridgehead atoms. The summed E-state index contributed by atoms with van der Waals surface area (Å²) in [6.07, 6.45) is 3.42. The molecule has 2 amide bonds. The van der Waals surface area contributed by atoms with Crippen LogP contribution in [0.25, 0.3) is 0 Å². The Hall–Kier alpha value is -2.27. The van der Waals surface area contributed by atoms with Crippen molar-refractivity contribution in [3.8, 4) is 0 Å². The summed E-state index contributed by atoms with van der Waals surface area (Å²) in [4.78, 5) is 16.8. The largest absolute Gasteiger partial charge is 0.469 e. The third kappa shape index (κ3) is 5.36. The number of benzene rings is 1. The number of piperazine rings is 1. The zero-order valence-electron chi connectivity index (χ0n) is 15.8. The van der Waals surface area contributed by atoms with Gasteiger partial charge < -0.3 is 14.6 Å². The molecule has 1 aromatic carbocycles. The van der Waals surface area contributed by atoms with E-state index in [9.17, 15) is 4.79 Å². The molecule has 1 N–H and O–H groups in total. The molecule has 0 saturated carbocycles. The van der Waals surface area contributed by atoms with Gasteiger partial charge >= 0.3 is 6.03 Å². The first kappa shape index (κ1) is 18.5. The van der Waals surface area contributed by atoms with E-state index in [-0.39, 0.29) is 12.1 Å². The van der Waals surface area contributed by atoms with Crippen LogP contribution >= 0.6 is 0 Å². The summed E-state index contributed by atoms with van der Waals surface area (Å²) in [6, 6.07) is 12.7. The van der Waals surface area contributed by atoms with Gasteiger partial charge in [0.2, 0.25) is 0 Å². The lowest BCUT2D eigenvalue weighted by atomic mass is 10.1. The highest BCUT2D eigenvalue weighted by atomic mass is 16.3. The van der Waals surface area contributed by atoms with E-state index in [1.807, 2.05) is 17.0 Å². The van der Waals surface area contributed by atoms with Crippen molar-refractivity contribution in [1.82, 2.24) is 15.1 Å². The number of carbonyl (C=O) groups is 1. The van der Waals surface area contributed by atoms with Crippen LogP contribution in [0.4, 0.5) is 4.79 Å². The number of carbonyl (C=O) groups excluding carboxylic acids is 1. The van der Waals surface area contributed by atoms with E-state index >= 15 is 0 Å². The van der Waals surface area contributed by atoms with Crippen molar-refractivity contribution in [3.05, 3.63) is 59.5 Å². The van der Waals surface area contributed by atoms with E-state index in [0.717, 1.165) is 51.3 Å². The number of hydrogen-bond donors (Lipinski definition) is 1. The van der Waals surface area contributed by atoms with Gasteiger partial charge in [0.05, 0.1) is 6.26 Å². The minimum atomic E-state index is 0.0483. The summed E-state index contributed by atoms with van der Waals surface area (Å²) in [6.45, 7) is 8.53. The lowest BCUT2D eigenvalue weighted by molar-refractivity contribution is 0.133. The molecule has 1 fully saturated rings. The van der Waals surface area contributed by atoms with E-state index in [0.29, 0.717) is 0 Å². The number of furan rings is 1. The van der Waals surface area contributed by atoms with Crippen LogP contribution in [-0.2, 0) is 13.0 Å². The fourth-order valence-corrected chi connectivity index (χ4v) is 3.37. The Morgan fingerprint density at radius 3 is 2.69 bits per heavy atom. The maximum absolute atomic E-state index is 12.5. The number of nitrogens with zero attached hydrogens (tertiary/aromatic N) is 2. The third-order valence-corrected chi connectivity index (χ3v) is 4.92. The third-order valence-electron chi connectivity index (χ3n) is 4.92. The van der Waals surface area contributed by atoms with Crippen molar-refractivity contribution in [2.45, 2.75) is 39.3 Å². The molecule has 0 aliphatic carbocycles. The Balaban J connectivity index is 1.39. The van der Waals surface area contributed by atoms with Gasteiger partial charge in [-0.05, 0) is 38.0 Å². The minimum Gasteiger partial charge on any atom is -0.469 e. The van der Waals surface area contributed by atoms with Crippen LogP contribution in [0, 0.1) is 6.92 Å². The van der Waals surface area contributed by atoms with Crippen molar-refractivity contribution in [3.63, 3.8) is 0 Å². The van der Waals surface area contributed by atoms with Crippen molar-refractivity contribution < 1.29 is 9.21 Å². The molecule has 0 spiro atoms. The van der Waals surface area contributed by atoms with Crippen LogP contribution in [0.2, 0.25) is 0 Å². The van der Waals surface area contributed by atoms with Crippen LogP contribution in [0.15, 0.2) is 47.1 Å². The van der Waals surface area contributed by atoms with E-state index in [1.165, 1.54) is 11.1 Å². The van der Waals surface area contributed by atoms with Crippen molar-refractivity contribution >= 4 is 6.03 Å². The number of hydrogen-bond acceptors (Lipinski definition) is 3. The summed E-state index contributed by atoms with van der Waals surface area (Å²) >= 11 is 0. The molecule has 1 aromatic heterocycles. The molecule has 1 aliphatic heterocycles. The molecule has 2 heterocycles. The van der Waals surface area contributed by atoms with Gasteiger partial charge in [0.25, 0.3) is 0 Å². The Labute approximate surface area is 156 Å². The fraction of sp³-hybridized carbons (Fsp3) is 0.476. The Morgan fingerprint density at radius 1 is 1.19 bits per heavy atom. The molecule has 26 heavy (non-hydrogen) atoms. The highest BCUT2D eigenvalue weighted by Gasteiger charge is 2.22. The average Bonchev–Trinajstić information content (AvgIpc) is 3.14. The number of rotatable bonds is 6. The Kier molecular flexibility index (Phi) is 6.34. The number of nitrogens with one attached hydrogen (secondary N) is 1. The molecule has 3 rings (SSSR count). The maximum atomic E-state index is 12.5. The van der Waals surface area contributed by atoms with Crippen molar-refractivity contribution in [2.75, 3.05) is 26.2 Å². The molecule has 1 aliphatic rings. The first-order valence-corrected chi connectivity index (χ1v) is 9.46. The summed E-state index contributed by atoms with van der Waals surface area (Å²) < 4.78 is 5.34. The van der Waals surface area contributed by atoms with Crippen LogP contribution in [-0.4, -0.2) is 48.1 Å². The van der Waals surface area contributed by atoms with Crippen LogP contribution in [0.3, 0.4) is 0 Å². The standard InChI is InChI=1S/C21H29N3O2/c1-17-5-3-6-19(15-17)16-23-10-12-24(13-11-23)21(25)22-18(2)8-9-20-7-4-14-26-20/h3-7,14-15,18H,8-13,16H2,1-2H3,(H,22,25). The summed E-state index contributed by atoms with van der Waals surface area (Å²) in [5.74, 6) is 0.968. The van der Waals surface area contributed by atoms with Crippen LogP contribution in [0.1, 0.15) is 30.2 Å². The second-order valence-electron chi connectivity index (χ2n) is 7.22. The van der Waals surface area contributed by atoms with Gasteiger partial charge in [-0.1, -0.05) is 29.8 Å². The number of urea groups is 1. The molecule has 5 heteroatoms. The SMILES string of the molecule is Cc1cccc(CN2CCN(C(=O)NC(C)CCc3ccco3)CC2)c1.